The van der Waals surface area contributed by atoms with E-state index in [4.69, 9.17) is 0 Å². The van der Waals surface area contributed by atoms with Gasteiger partial charge in [0, 0.05) is 39.3 Å². The van der Waals surface area contributed by atoms with Gasteiger partial charge in [-0.15, -0.1) is 0 Å². The molecule has 0 saturated heterocycles. The van der Waals surface area contributed by atoms with Crippen LogP contribution in [0.3, 0.4) is 0 Å². The Hall–Kier alpha value is -1.80. The van der Waals surface area contributed by atoms with Crippen LogP contribution in [0.2, 0.25) is 0 Å². The van der Waals surface area contributed by atoms with Gasteiger partial charge in [-0.25, -0.2) is 0 Å². The van der Waals surface area contributed by atoms with Crippen molar-refractivity contribution < 1.29 is 0 Å². The standard InChI is InChI=1S/C38H68N6/c1-31(2)23-39-16-12-18-41-27-37(5,6)29-43-25-33-20-34(22-36(21-33)35-14-10-9-11-15-35)26-44-30-38(7,8)28-42-19-13-17-40-24-32(3)4/h9-11,14-15,20-22,31-32,39-44H,12-13,16-19,23-30H2,1-8H3. The van der Waals surface area contributed by atoms with Crippen LogP contribution < -0.4 is 31.9 Å². The summed E-state index contributed by atoms with van der Waals surface area (Å²) in [5.74, 6) is 1.43. The van der Waals surface area contributed by atoms with E-state index in [0.29, 0.717) is 11.8 Å². The average molecular weight is 609 g/mol. The minimum atomic E-state index is 0.191. The van der Waals surface area contributed by atoms with Gasteiger partial charge in [0.05, 0.1) is 0 Å². The molecule has 0 amide bonds. The van der Waals surface area contributed by atoms with E-state index in [9.17, 15) is 0 Å². The van der Waals surface area contributed by atoms with Crippen molar-refractivity contribution in [3.8, 4) is 11.1 Å². The summed E-state index contributed by atoms with van der Waals surface area (Å²) in [6, 6.07) is 17.9. The van der Waals surface area contributed by atoms with E-state index >= 15 is 0 Å². The van der Waals surface area contributed by atoms with E-state index in [1.54, 1.807) is 0 Å². The molecule has 0 unspecified atom stereocenters. The van der Waals surface area contributed by atoms with Crippen LogP contribution in [0, 0.1) is 22.7 Å². The number of rotatable bonds is 25. The average Bonchev–Trinajstić information content (AvgIpc) is 2.96. The highest BCUT2D eigenvalue weighted by Crippen LogP contribution is 2.23. The molecule has 0 heterocycles. The summed E-state index contributed by atoms with van der Waals surface area (Å²) in [6.07, 6.45) is 2.34. The zero-order valence-corrected chi connectivity index (χ0v) is 29.7. The van der Waals surface area contributed by atoms with Crippen molar-refractivity contribution in [3.63, 3.8) is 0 Å². The first-order valence-electron chi connectivity index (χ1n) is 17.4. The van der Waals surface area contributed by atoms with Gasteiger partial charge >= 0.3 is 0 Å². The van der Waals surface area contributed by atoms with E-state index in [2.05, 4.69) is 136 Å². The first-order chi connectivity index (χ1) is 21.0. The Morgan fingerprint density at radius 3 is 1.34 bits per heavy atom. The maximum Gasteiger partial charge on any atom is 0.0206 e. The number of hydrogen-bond acceptors (Lipinski definition) is 6. The van der Waals surface area contributed by atoms with Crippen molar-refractivity contribution in [2.45, 2.75) is 81.3 Å². The second-order valence-corrected chi connectivity index (χ2v) is 15.2. The highest BCUT2D eigenvalue weighted by Gasteiger charge is 2.18. The van der Waals surface area contributed by atoms with Gasteiger partial charge in [-0.05, 0) is 109 Å². The van der Waals surface area contributed by atoms with Crippen molar-refractivity contribution in [3.05, 3.63) is 59.7 Å². The van der Waals surface area contributed by atoms with Crippen LogP contribution in [0.25, 0.3) is 11.1 Å². The first-order valence-corrected chi connectivity index (χ1v) is 17.4. The zero-order chi connectivity index (χ0) is 32.3. The maximum atomic E-state index is 3.76. The monoisotopic (exact) mass is 609 g/mol. The van der Waals surface area contributed by atoms with Crippen molar-refractivity contribution in [1.82, 2.24) is 31.9 Å². The molecule has 0 aliphatic rings. The van der Waals surface area contributed by atoms with Crippen LogP contribution in [0.1, 0.15) is 79.4 Å². The third-order valence-electron chi connectivity index (χ3n) is 7.75. The van der Waals surface area contributed by atoms with Gasteiger partial charge in [0.1, 0.15) is 0 Å². The van der Waals surface area contributed by atoms with Crippen molar-refractivity contribution >= 4 is 0 Å². The van der Waals surface area contributed by atoms with E-state index in [-0.39, 0.29) is 10.8 Å². The van der Waals surface area contributed by atoms with Crippen LogP contribution in [0.4, 0.5) is 0 Å². The number of hydrogen-bond donors (Lipinski definition) is 6. The molecule has 0 bridgehead atoms. The molecule has 0 aliphatic heterocycles. The van der Waals surface area contributed by atoms with Gasteiger partial charge in [-0.1, -0.05) is 91.8 Å². The highest BCUT2D eigenvalue weighted by molar-refractivity contribution is 5.65. The normalized spacial score (nSPS) is 12.5. The largest absolute Gasteiger partial charge is 0.316 e. The van der Waals surface area contributed by atoms with E-state index < -0.39 is 0 Å². The molecular formula is C38H68N6. The maximum absolute atomic E-state index is 3.76. The minimum absolute atomic E-state index is 0.191. The first kappa shape index (κ1) is 38.4. The van der Waals surface area contributed by atoms with Crippen LogP contribution in [-0.2, 0) is 13.1 Å². The zero-order valence-electron chi connectivity index (χ0n) is 29.7. The van der Waals surface area contributed by atoms with Crippen molar-refractivity contribution in [2.75, 3.05) is 65.4 Å². The molecule has 0 aliphatic carbocycles. The predicted molar refractivity (Wildman–Crippen MR) is 193 cm³/mol. The third kappa shape index (κ3) is 18.2. The van der Waals surface area contributed by atoms with Crippen molar-refractivity contribution in [2.24, 2.45) is 22.7 Å². The summed E-state index contributed by atoms with van der Waals surface area (Å²) in [5.41, 5.74) is 5.63. The summed E-state index contributed by atoms with van der Waals surface area (Å²) in [7, 11) is 0. The Morgan fingerprint density at radius 2 is 0.909 bits per heavy atom. The van der Waals surface area contributed by atoms with Crippen LogP contribution in [0.15, 0.2) is 48.5 Å². The molecule has 6 N–H and O–H groups in total. The molecule has 0 atom stereocenters. The van der Waals surface area contributed by atoms with Gasteiger partial charge in [-0.3, -0.25) is 0 Å². The van der Waals surface area contributed by atoms with Gasteiger partial charge in [-0.2, -0.15) is 0 Å². The lowest BCUT2D eigenvalue weighted by Gasteiger charge is -2.26. The molecule has 0 saturated carbocycles. The summed E-state index contributed by atoms with van der Waals surface area (Å²) in [6.45, 7) is 30.7. The molecule has 2 rings (SSSR count). The highest BCUT2D eigenvalue weighted by atomic mass is 14.9. The molecule has 44 heavy (non-hydrogen) atoms. The fourth-order valence-electron chi connectivity index (χ4n) is 5.29. The van der Waals surface area contributed by atoms with Crippen LogP contribution in [-0.4, -0.2) is 65.4 Å². The third-order valence-corrected chi connectivity index (χ3v) is 7.75. The molecule has 0 radical (unpaired) electrons. The Morgan fingerprint density at radius 1 is 0.500 bits per heavy atom. The van der Waals surface area contributed by atoms with E-state index in [1.807, 2.05) is 0 Å². The molecule has 0 fully saturated rings. The van der Waals surface area contributed by atoms with Crippen molar-refractivity contribution in [1.29, 1.82) is 0 Å². The topological polar surface area (TPSA) is 72.2 Å². The number of benzene rings is 2. The molecule has 0 spiro atoms. The molecule has 2 aromatic rings. The summed E-state index contributed by atoms with van der Waals surface area (Å²) < 4.78 is 0. The second-order valence-electron chi connectivity index (χ2n) is 15.2. The quantitative estimate of drug-likeness (QED) is 0.0773. The molecule has 0 aromatic heterocycles. The van der Waals surface area contributed by atoms with E-state index in [1.165, 1.54) is 35.1 Å². The van der Waals surface area contributed by atoms with Gasteiger partial charge in [0.15, 0.2) is 0 Å². The smallest absolute Gasteiger partial charge is 0.0206 e. The molecule has 6 heteroatoms. The molecular weight excluding hydrogens is 540 g/mol. The van der Waals surface area contributed by atoms with E-state index in [0.717, 1.165) is 78.5 Å². The van der Waals surface area contributed by atoms with Crippen LogP contribution >= 0.6 is 0 Å². The Kier molecular flexibility index (Phi) is 18.4. The lowest BCUT2D eigenvalue weighted by molar-refractivity contribution is 0.318. The summed E-state index contributed by atoms with van der Waals surface area (Å²) in [5, 5.41) is 21.9. The lowest BCUT2D eigenvalue weighted by atomic mass is 9.92. The van der Waals surface area contributed by atoms with Crippen LogP contribution in [0.5, 0.6) is 0 Å². The molecule has 250 valence electrons. The predicted octanol–water partition coefficient (Wildman–Crippen LogP) is 6.04. The minimum Gasteiger partial charge on any atom is -0.316 e. The summed E-state index contributed by atoms with van der Waals surface area (Å²) in [4.78, 5) is 0. The summed E-state index contributed by atoms with van der Waals surface area (Å²) >= 11 is 0. The number of nitrogens with one attached hydrogen (secondary N) is 6. The fourth-order valence-corrected chi connectivity index (χ4v) is 5.29. The Balaban J connectivity index is 1.83. The van der Waals surface area contributed by atoms with Gasteiger partial charge in [0.2, 0.25) is 0 Å². The van der Waals surface area contributed by atoms with Gasteiger partial charge in [0.25, 0.3) is 0 Å². The molecule has 2 aromatic carbocycles. The second kappa shape index (κ2) is 21.1. The Labute approximate surface area is 271 Å². The van der Waals surface area contributed by atoms with Gasteiger partial charge < -0.3 is 31.9 Å². The fraction of sp³-hybridized carbons (Fsp3) is 0.684. The SMILES string of the molecule is CC(C)CNCCCNCC(C)(C)CNCc1cc(CNCC(C)(C)CNCCCNCC(C)C)cc(-c2ccccc2)c1. The Bertz CT molecular complexity index is 943. The molecule has 6 nitrogen and oxygen atoms in total. The lowest BCUT2D eigenvalue weighted by Crippen LogP contribution is -2.39.